The molecule has 84 valence electrons. The number of halogens is 1. The Bertz CT molecular complexity index is 337. The van der Waals surface area contributed by atoms with Gasteiger partial charge in [-0.15, -0.1) is 0 Å². The number of hydrogen-bond acceptors (Lipinski definition) is 3. The highest BCUT2D eigenvalue weighted by atomic mass is 35.5. The maximum absolute atomic E-state index is 9.51. The second-order valence-corrected chi connectivity index (χ2v) is 4.26. The minimum Gasteiger partial charge on any atom is -0.491 e. The summed E-state index contributed by atoms with van der Waals surface area (Å²) in [4.78, 5) is 0. The second-order valence-electron chi connectivity index (χ2n) is 3.85. The van der Waals surface area contributed by atoms with Gasteiger partial charge in [0.1, 0.15) is 18.0 Å². The number of aryl methyl sites for hydroxylation is 1. The van der Waals surface area contributed by atoms with Gasteiger partial charge in [-0.25, -0.2) is 0 Å². The van der Waals surface area contributed by atoms with Crippen molar-refractivity contribution in [2.75, 3.05) is 13.2 Å². The van der Waals surface area contributed by atoms with Gasteiger partial charge in [0.15, 0.2) is 0 Å². The van der Waals surface area contributed by atoms with E-state index in [1.54, 1.807) is 18.2 Å². The zero-order chi connectivity index (χ0) is 11.5. The van der Waals surface area contributed by atoms with Crippen LogP contribution in [0.5, 0.6) is 5.75 Å². The summed E-state index contributed by atoms with van der Waals surface area (Å²) < 4.78 is 5.33. The van der Waals surface area contributed by atoms with E-state index in [0.29, 0.717) is 10.8 Å². The van der Waals surface area contributed by atoms with Crippen molar-refractivity contribution in [3.63, 3.8) is 0 Å². The van der Waals surface area contributed by atoms with Gasteiger partial charge in [-0.3, -0.25) is 0 Å². The van der Waals surface area contributed by atoms with E-state index in [2.05, 4.69) is 0 Å². The molecule has 0 unspecified atom stereocenters. The smallest absolute Gasteiger partial charge is 0.119 e. The van der Waals surface area contributed by atoms with Gasteiger partial charge in [0.25, 0.3) is 0 Å². The van der Waals surface area contributed by atoms with Crippen LogP contribution in [0.15, 0.2) is 18.2 Å². The van der Waals surface area contributed by atoms with Crippen LogP contribution in [0, 0.1) is 6.92 Å². The van der Waals surface area contributed by atoms with Crippen molar-refractivity contribution in [2.45, 2.75) is 19.4 Å². The highest BCUT2D eigenvalue weighted by Gasteiger charge is 2.19. The molecule has 3 nitrogen and oxygen atoms in total. The molecule has 1 aromatic rings. The van der Waals surface area contributed by atoms with Crippen molar-refractivity contribution in [3.05, 3.63) is 28.8 Å². The maximum atomic E-state index is 9.51. The molecule has 4 heteroatoms. The van der Waals surface area contributed by atoms with E-state index in [0.717, 1.165) is 5.56 Å². The molecule has 0 aliphatic heterocycles. The fourth-order valence-corrected chi connectivity index (χ4v) is 1.11. The number of aliphatic hydroxyl groups excluding tert-OH is 1. The van der Waals surface area contributed by atoms with Crippen LogP contribution in [-0.4, -0.2) is 29.0 Å². The summed E-state index contributed by atoms with van der Waals surface area (Å²) >= 11 is 5.85. The van der Waals surface area contributed by atoms with Crippen LogP contribution in [0.4, 0.5) is 0 Å². The van der Waals surface area contributed by atoms with E-state index in [-0.39, 0.29) is 13.2 Å². The highest BCUT2D eigenvalue weighted by Crippen LogP contribution is 2.21. The van der Waals surface area contributed by atoms with Gasteiger partial charge in [0.05, 0.1) is 6.61 Å². The minimum atomic E-state index is -1.21. The van der Waals surface area contributed by atoms with Crippen LogP contribution in [0.25, 0.3) is 0 Å². The molecule has 1 aromatic carbocycles. The Hall–Kier alpha value is -0.770. The average Bonchev–Trinajstić information content (AvgIpc) is 2.20. The molecule has 0 fully saturated rings. The van der Waals surface area contributed by atoms with Gasteiger partial charge in [-0.2, -0.15) is 0 Å². The summed E-state index contributed by atoms with van der Waals surface area (Å²) in [5.41, 5.74) is -0.300. The molecule has 0 heterocycles. The number of ether oxygens (including phenoxy) is 1. The van der Waals surface area contributed by atoms with Gasteiger partial charge >= 0.3 is 0 Å². The number of rotatable bonds is 4. The number of aliphatic hydroxyl groups is 2. The lowest BCUT2D eigenvalue weighted by Crippen LogP contribution is -2.36. The second kappa shape index (κ2) is 4.84. The Morgan fingerprint density at radius 1 is 1.47 bits per heavy atom. The Kier molecular flexibility index (Phi) is 3.97. The Balaban J connectivity index is 2.62. The molecule has 15 heavy (non-hydrogen) atoms. The fourth-order valence-electron chi connectivity index (χ4n) is 0.991. The summed E-state index contributed by atoms with van der Waals surface area (Å²) in [6.07, 6.45) is 0. The van der Waals surface area contributed by atoms with Crippen LogP contribution >= 0.6 is 11.6 Å². The van der Waals surface area contributed by atoms with E-state index >= 15 is 0 Å². The van der Waals surface area contributed by atoms with Crippen molar-refractivity contribution in [2.24, 2.45) is 0 Å². The monoisotopic (exact) mass is 230 g/mol. The maximum Gasteiger partial charge on any atom is 0.119 e. The molecule has 2 N–H and O–H groups in total. The van der Waals surface area contributed by atoms with Gasteiger partial charge in [0, 0.05) is 5.02 Å². The van der Waals surface area contributed by atoms with Crippen LogP contribution in [0.2, 0.25) is 5.02 Å². The first-order valence-electron chi connectivity index (χ1n) is 4.67. The quantitative estimate of drug-likeness (QED) is 0.829. The summed E-state index contributed by atoms with van der Waals surface area (Å²) in [5, 5.41) is 19.0. The third kappa shape index (κ3) is 3.70. The fraction of sp³-hybridized carbons (Fsp3) is 0.455. The molecule has 0 aromatic heterocycles. The molecule has 0 radical (unpaired) electrons. The number of hydrogen-bond donors (Lipinski definition) is 2. The molecule has 0 aliphatic carbocycles. The molecule has 0 bridgehead atoms. The summed E-state index contributed by atoms with van der Waals surface area (Å²) in [5.74, 6) is 0.630. The zero-order valence-electron chi connectivity index (χ0n) is 8.83. The molecular weight excluding hydrogens is 216 g/mol. The molecule has 0 aliphatic rings. The van der Waals surface area contributed by atoms with E-state index in [1.165, 1.54) is 6.92 Å². The summed E-state index contributed by atoms with van der Waals surface area (Å²) in [6, 6.07) is 5.25. The molecule has 0 amide bonds. The normalized spacial score (nSPS) is 14.7. The van der Waals surface area contributed by atoms with Crippen molar-refractivity contribution < 1.29 is 14.9 Å². The standard InChI is InChI=1S/C11H15ClO3/c1-8-5-9(3-4-10(8)12)15-7-11(2,14)6-13/h3-5,13-14H,6-7H2,1-2H3/t11-/m1/s1. The van der Waals surface area contributed by atoms with Crippen molar-refractivity contribution in [1.29, 1.82) is 0 Å². The first-order chi connectivity index (χ1) is 6.94. The Labute approximate surface area is 94.3 Å². The Morgan fingerprint density at radius 2 is 2.13 bits per heavy atom. The third-order valence-corrected chi connectivity index (χ3v) is 2.44. The molecule has 0 saturated heterocycles. The molecule has 1 rings (SSSR count). The van der Waals surface area contributed by atoms with E-state index in [4.69, 9.17) is 21.4 Å². The first-order valence-corrected chi connectivity index (χ1v) is 5.04. The van der Waals surface area contributed by atoms with E-state index < -0.39 is 5.60 Å². The SMILES string of the molecule is Cc1cc(OC[C@](C)(O)CO)ccc1Cl. The van der Waals surface area contributed by atoms with Gasteiger partial charge in [-0.1, -0.05) is 11.6 Å². The zero-order valence-corrected chi connectivity index (χ0v) is 9.58. The highest BCUT2D eigenvalue weighted by molar-refractivity contribution is 6.31. The van der Waals surface area contributed by atoms with E-state index in [1.807, 2.05) is 6.92 Å². The summed E-state index contributed by atoms with van der Waals surface area (Å²) in [6.45, 7) is 3.10. The van der Waals surface area contributed by atoms with Crippen LogP contribution < -0.4 is 4.74 Å². The van der Waals surface area contributed by atoms with Gasteiger partial charge < -0.3 is 14.9 Å². The van der Waals surface area contributed by atoms with Crippen LogP contribution in [-0.2, 0) is 0 Å². The first kappa shape index (κ1) is 12.3. The minimum absolute atomic E-state index is 0.0462. The molecule has 0 saturated carbocycles. The van der Waals surface area contributed by atoms with Crippen molar-refractivity contribution in [3.8, 4) is 5.75 Å². The number of benzene rings is 1. The third-order valence-electron chi connectivity index (χ3n) is 2.02. The van der Waals surface area contributed by atoms with Crippen LogP contribution in [0.3, 0.4) is 0 Å². The molecular formula is C11H15ClO3. The molecule has 1 atom stereocenters. The topological polar surface area (TPSA) is 49.7 Å². The predicted molar refractivity (Wildman–Crippen MR) is 59.4 cm³/mol. The van der Waals surface area contributed by atoms with E-state index in [9.17, 15) is 5.11 Å². The van der Waals surface area contributed by atoms with Crippen LogP contribution in [0.1, 0.15) is 12.5 Å². The van der Waals surface area contributed by atoms with Crippen molar-refractivity contribution >= 4 is 11.6 Å². The largest absolute Gasteiger partial charge is 0.491 e. The van der Waals surface area contributed by atoms with Gasteiger partial charge in [-0.05, 0) is 37.6 Å². The predicted octanol–water partition coefficient (Wildman–Crippen LogP) is 1.77. The van der Waals surface area contributed by atoms with Crippen molar-refractivity contribution in [1.82, 2.24) is 0 Å². The summed E-state index contributed by atoms with van der Waals surface area (Å²) in [7, 11) is 0. The Morgan fingerprint density at radius 3 is 2.67 bits per heavy atom. The molecule has 0 spiro atoms. The lowest BCUT2D eigenvalue weighted by Gasteiger charge is -2.20. The lowest BCUT2D eigenvalue weighted by molar-refractivity contribution is -0.0325. The average molecular weight is 231 g/mol. The lowest BCUT2D eigenvalue weighted by atomic mass is 10.1. The van der Waals surface area contributed by atoms with Gasteiger partial charge in [0.2, 0.25) is 0 Å².